The van der Waals surface area contributed by atoms with Crippen molar-refractivity contribution in [1.82, 2.24) is 14.4 Å². The van der Waals surface area contributed by atoms with E-state index in [2.05, 4.69) is 11.0 Å². The number of carbonyl (C=O) groups is 1. The summed E-state index contributed by atoms with van der Waals surface area (Å²) in [5.74, 6) is 1.58. The fraction of sp³-hybridized carbons (Fsp3) is 0.727. The molecule has 1 aromatic rings. The van der Waals surface area contributed by atoms with Crippen molar-refractivity contribution in [3.8, 4) is 0 Å². The lowest BCUT2D eigenvalue weighted by atomic mass is 9.82. The number of rotatable bonds is 6. The van der Waals surface area contributed by atoms with Gasteiger partial charge in [-0.3, -0.25) is 14.5 Å². The first kappa shape index (κ1) is 20.9. The molecule has 0 aliphatic carbocycles. The predicted octanol–water partition coefficient (Wildman–Crippen LogP) is 1.86. The van der Waals surface area contributed by atoms with E-state index in [1.165, 1.54) is 19.3 Å². The Morgan fingerprint density at radius 3 is 2.76 bits per heavy atom. The Hall–Kier alpha value is -1.31. The minimum absolute atomic E-state index is 0.0752. The van der Waals surface area contributed by atoms with Gasteiger partial charge >= 0.3 is 0 Å². The Kier molecular flexibility index (Phi) is 6.66. The van der Waals surface area contributed by atoms with E-state index >= 15 is 0 Å². The van der Waals surface area contributed by atoms with Gasteiger partial charge in [0, 0.05) is 43.4 Å². The summed E-state index contributed by atoms with van der Waals surface area (Å²) in [5, 5.41) is 0. The van der Waals surface area contributed by atoms with Crippen molar-refractivity contribution in [2.24, 2.45) is 11.7 Å². The number of nitrogens with two attached hydrogens (primary N) is 1. The summed E-state index contributed by atoms with van der Waals surface area (Å²) < 4.78 is 2.01. The number of fused-ring (bicyclic) bond motifs is 4. The highest BCUT2D eigenvalue weighted by molar-refractivity contribution is 7.98. The second-order valence-corrected chi connectivity index (χ2v) is 9.95. The van der Waals surface area contributed by atoms with Gasteiger partial charge in [-0.1, -0.05) is 12.5 Å². The summed E-state index contributed by atoms with van der Waals surface area (Å²) in [4.78, 5) is 30.4. The topological polar surface area (TPSA) is 71.6 Å². The molecule has 160 valence electrons. The van der Waals surface area contributed by atoms with E-state index in [9.17, 15) is 9.59 Å². The molecule has 0 unspecified atom stereocenters. The fourth-order valence-electron chi connectivity index (χ4n) is 5.25. The van der Waals surface area contributed by atoms with Crippen LogP contribution >= 0.6 is 11.8 Å². The van der Waals surface area contributed by atoms with Crippen LogP contribution in [-0.4, -0.2) is 64.5 Å². The first-order valence-corrected chi connectivity index (χ1v) is 12.4. The molecule has 29 heavy (non-hydrogen) atoms. The second-order valence-electron chi connectivity index (χ2n) is 8.97. The Balaban J connectivity index is 1.48. The summed E-state index contributed by atoms with van der Waals surface area (Å²) in [6.07, 6.45) is 7.60. The zero-order valence-corrected chi connectivity index (χ0v) is 18.3. The highest BCUT2D eigenvalue weighted by atomic mass is 32.2. The number of hydrogen-bond donors (Lipinski definition) is 1. The molecule has 3 aliphatic rings. The number of aromatic nitrogens is 1. The normalized spacial score (nSPS) is 25.5. The smallest absolute Gasteiger partial charge is 0.255 e. The Bertz CT molecular complexity index is 790. The molecule has 1 aromatic heterocycles. The average Bonchev–Trinajstić information content (AvgIpc) is 2.74. The van der Waals surface area contributed by atoms with Crippen LogP contribution in [0, 0.1) is 5.92 Å². The maximum absolute atomic E-state index is 13.2. The molecule has 2 N–H and O–H groups in total. The lowest BCUT2D eigenvalue weighted by Crippen LogP contribution is -2.53. The van der Waals surface area contributed by atoms with Gasteiger partial charge in [0.15, 0.2) is 0 Å². The molecule has 6 nitrogen and oxygen atoms in total. The molecule has 3 atom stereocenters. The van der Waals surface area contributed by atoms with E-state index in [1.54, 1.807) is 11.8 Å². The van der Waals surface area contributed by atoms with E-state index in [1.807, 2.05) is 21.8 Å². The molecule has 3 aliphatic heterocycles. The van der Waals surface area contributed by atoms with Crippen LogP contribution in [0.25, 0.3) is 0 Å². The van der Waals surface area contributed by atoms with Crippen molar-refractivity contribution < 1.29 is 4.79 Å². The largest absolute Gasteiger partial charge is 0.340 e. The van der Waals surface area contributed by atoms with E-state index in [-0.39, 0.29) is 17.4 Å². The SMILES string of the molecule is CSCC[C@H](N)C(=O)N1C[C@@H]2C[C@H](C1)c1ccc(CN3CCCCC3)c(=O)n1C2. The lowest BCUT2D eigenvalue weighted by Gasteiger charge is -2.43. The number of piperidine rings is 2. The highest BCUT2D eigenvalue weighted by Crippen LogP contribution is 2.35. The zero-order chi connectivity index (χ0) is 20.4. The van der Waals surface area contributed by atoms with Crippen LogP contribution < -0.4 is 11.3 Å². The zero-order valence-electron chi connectivity index (χ0n) is 17.5. The van der Waals surface area contributed by atoms with Gasteiger partial charge in [-0.25, -0.2) is 0 Å². The van der Waals surface area contributed by atoms with Crippen LogP contribution in [0.2, 0.25) is 0 Å². The van der Waals surface area contributed by atoms with Crippen LogP contribution in [0.15, 0.2) is 16.9 Å². The maximum Gasteiger partial charge on any atom is 0.255 e. The first-order chi connectivity index (χ1) is 14.1. The Morgan fingerprint density at radius 2 is 2.00 bits per heavy atom. The van der Waals surface area contributed by atoms with Crippen molar-refractivity contribution in [2.45, 2.75) is 57.2 Å². The van der Waals surface area contributed by atoms with Crippen molar-refractivity contribution in [2.75, 3.05) is 38.2 Å². The number of likely N-dealkylation sites (tertiary alicyclic amines) is 2. The van der Waals surface area contributed by atoms with Gasteiger partial charge in [0.25, 0.3) is 5.56 Å². The molecule has 4 rings (SSSR count). The van der Waals surface area contributed by atoms with Gasteiger partial charge in [-0.15, -0.1) is 0 Å². The molecular formula is C22H34N4O2S. The predicted molar refractivity (Wildman–Crippen MR) is 118 cm³/mol. The fourth-order valence-corrected chi connectivity index (χ4v) is 5.74. The van der Waals surface area contributed by atoms with Crippen LogP contribution in [-0.2, 0) is 17.9 Å². The minimum Gasteiger partial charge on any atom is -0.340 e. The summed E-state index contributed by atoms with van der Waals surface area (Å²) in [7, 11) is 0. The molecule has 2 saturated heterocycles. The summed E-state index contributed by atoms with van der Waals surface area (Å²) >= 11 is 1.72. The van der Waals surface area contributed by atoms with Crippen LogP contribution in [0.3, 0.4) is 0 Å². The number of thioether (sulfide) groups is 1. The number of nitrogens with zero attached hydrogens (tertiary/aromatic N) is 3. The molecule has 0 radical (unpaired) electrons. The van der Waals surface area contributed by atoms with E-state index < -0.39 is 6.04 Å². The van der Waals surface area contributed by atoms with Crippen LogP contribution in [0.5, 0.6) is 0 Å². The third-order valence-corrected chi connectivity index (χ3v) is 7.43. The van der Waals surface area contributed by atoms with Gasteiger partial charge in [-0.2, -0.15) is 11.8 Å². The molecule has 0 aromatic carbocycles. The van der Waals surface area contributed by atoms with E-state index in [0.29, 0.717) is 12.5 Å². The van der Waals surface area contributed by atoms with E-state index in [0.717, 1.165) is 62.6 Å². The summed E-state index contributed by atoms with van der Waals surface area (Å²) in [6.45, 7) is 5.10. The lowest BCUT2D eigenvalue weighted by molar-refractivity contribution is -0.135. The van der Waals surface area contributed by atoms with Crippen molar-refractivity contribution in [3.63, 3.8) is 0 Å². The van der Waals surface area contributed by atoms with E-state index in [4.69, 9.17) is 5.73 Å². The standard InChI is InChI=1S/C22H34N4O2S/c1-29-10-7-19(23)22(28)25-12-16-11-18(15-25)20-6-5-17(21(27)26(20)13-16)14-24-8-3-2-4-9-24/h5-6,16,18-19H,2-4,7-15,23H2,1H3/t16-,18+,19-/m0/s1. The molecule has 0 saturated carbocycles. The molecule has 0 spiro atoms. The summed E-state index contributed by atoms with van der Waals surface area (Å²) in [6, 6.07) is 3.77. The number of amides is 1. The van der Waals surface area contributed by atoms with Gasteiger partial charge < -0.3 is 15.2 Å². The van der Waals surface area contributed by atoms with Gasteiger partial charge in [-0.05, 0) is 62.8 Å². The van der Waals surface area contributed by atoms with Crippen molar-refractivity contribution in [3.05, 3.63) is 33.7 Å². The minimum atomic E-state index is -0.407. The van der Waals surface area contributed by atoms with Gasteiger partial charge in [0.1, 0.15) is 0 Å². The first-order valence-electron chi connectivity index (χ1n) is 11.0. The molecule has 2 fully saturated rings. The number of pyridine rings is 1. The third kappa shape index (κ3) is 4.57. The number of hydrogen-bond acceptors (Lipinski definition) is 5. The maximum atomic E-state index is 13.2. The number of carbonyl (C=O) groups excluding carboxylic acids is 1. The second kappa shape index (κ2) is 9.23. The Labute approximate surface area is 177 Å². The molecule has 1 amide bonds. The quantitative estimate of drug-likeness (QED) is 0.764. The van der Waals surface area contributed by atoms with Gasteiger partial charge in [0.2, 0.25) is 5.91 Å². The molecule has 4 heterocycles. The van der Waals surface area contributed by atoms with Crippen molar-refractivity contribution in [1.29, 1.82) is 0 Å². The highest BCUT2D eigenvalue weighted by Gasteiger charge is 2.37. The molecule has 7 heteroatoms. The van der Waals surface area contributed by atoms with Crippen molar-refractivity contribution >= 4 is 17.7 Å². The van der Waals surface area contributed by atoms with Crippen LogP contribution in [0.4, 0.5) is 0 Å². The molecular weight excluding hydrogens is 384 g/mol. The summed E-state index contributed by atoms with van der Waals surface area (Å²) in [5.41, 5.74) is 8.35. The average molecular weight is 419 g/mol. The monoisotopic (exact) mass is 418 g/mol. The van der Waals surface area contributed by atoms with Gasteiger partial charge in [0.05, 0.1) is 6.04 Å². The Morgan fingerprint density at radius 1 is 1.21 bits per heavy atom. The van der Waals surface area contributed by atoms with Crippen LogP contribution in [0.1, 0.15) is 49.3 Å². The molecule has 2 bridgehead atoms. The third-order valence-electron chi connectivity index (χ3n) is 6.79.